The quantitative estimate of drug-likeness (QED) is 0.818. The number of aromatic nitrogens is 2. The number of imidazole rings is 1. The van der Waals surface area contributed by atoms with Crippen LogP contribution in [-0.2, 0) is 16.6 Å². The number of aromatic amines is 1. The normalized spacial score (nSPS) is 25.7. The summed E-state index contributed by atoms with van der Waals surface area (Å²) in [4.78, 5) is 17.9. The molecule has 15 heavy (non-hydrogen) atoms. The highest BCUT2D eigenvalue weighted by atomic mass is 32.2. The SMILES string of the molecule is CC1(c2ncc(CC(=O)O)[nH]2)CCSC1. The fourth-order valence-corrected chi connectivity index (χ4v) is 3.24. The zero-order chi connectivity index (χ0) is 10.9. The molecule has 1 unspecified atom stereocenters. The summed E-state index contributed by atoms with van der Waals surface area (Å²) in [6.45, 7) is 2.18. The van der Waals surface area contributed by atoms with Gasteiger partial charge in [0.15, 0.2) is 0 Å². The van der Waals surface area contributed by atoms with Crippen LogP contribution in [0.1, 0.15) is 24.9 Å². The van der Waals surface area contributed by atoms with Crippen LogP contribution in [0.3, 0.4) is 0 Å². The fourth-order valence-electron chi connectivity index (χ4n) is 1.77. The number of hydrogen-bond acceptors (Lipinski definition) is 3. The summed E-state index contributed by atoms with van der Waals surface area (Å²) in [5.41, 5.74) is 0.789. The third kappa shape index (κ3) is 2.17. The van der Waals surface area contributed by atoms with Gasteiger partial charge in [-0.2, -0.15) is 11.8 Å². The van der Waals surface area contributed by atoms with E-state index in [1.165, 1.54) is 0 Å². The highest BCUT2D eigenvalue weighted by Crippen LogP contribution is 2.36. The first-order valence-corrected chi connectivity index (χ1v) is 6.09. The molecule has 2 heterocycles. The van der Waals surface area contributed by atoms with Gasteiger partial charge in [-0.1, -0.05) is 6.92 Å². The molecule has 1 aliphatic rings. The molecular formula is C10H14N2O2S. The Balaban J connectivity index is 2.15. The molecule has 0 amide bonds. The van der Waals surface area contributed by atoms with Crippen molar-refractivity contribution in [2.75, 3.05) is 11.5 Å². The summed E-state index contributed by atoms with van der Waals surface area (Å²) in [5.74, 6) is 2.33. The Morgan fingerprint density at radius 2 is 2.60 bits per heavy atom. The predicted octanol–water partition coefficient (Wildman–Crippen LogP) is 1.43. The highest BCUT2D eigenvalue weighted by molar-refractivity contribution is 7.99. The second-order valence-corrected chi connectivity index (χ2v) is 5.30. The Labute approximate surface area is 92.5 Å². The van der Waals surface area contributed by atoms with Gasteiger partial charge >= 0.3 is 5.97 Å². The lowest BCUT2D eigenvalue weighted by molar-refractivity contribution is -0.136. The molecule has 0 aromatic carbocycles. The van der Waals surface area contributed by atoms with Crippen molar-refractivity contribution in [1.82, 2.24) is 9.97 Å². The van der Waals surface area contributed by atoms with Gasteiger partial charge in [0.25, 0.3) is 0 Å². The van der Waals surface area contributed by atoms with Gasteiger partial charge in [0.05, 0.1) is 6.42 Å². The van der Waals surface area contributed by atoms with Crippen LogP contribution in [0.5, 0.6) is 0 Å². The number of hydrogen-bond donors (Lipinski definition) is 2. The number of nitrogens with zero attached hydrogens (tertiary/aromatic N) is 1. The summed E-state index contributed by atoms with van der Waals surface area (Å²) in [5, 5.41) is 8.65. The average molecular weight is 226 g/mol. The molecule has 2 N–H and O–H groups in total. The monoisotopic (exact) mass is 226 g/mol. The number of rotatable bonds is 3. The van der Waals surface area contributed by atoms with Gasteiger partial charge in [-0.3, -0.25) is 4.79 Å². The molecule has 2 rings (SSSR count). The largest absolute Gasteiger partial charge is 0.481 e. The van der Waals surface area contributed by atoms with E-state index in [1.807, 2.05) is 11.8 Å². The van der Waals surface area contributed by atoms with E-state index >= 15 is 0 Å². The van der Waals surface area contributed by atoms with Gasteiger partial charge in [0.2, 0.25) is 0 Å². The summed E-state index contributed by atoms with van der Waals surface area (Å²) >= 11 is 1.92. The first-order valence-electron chi connectivity index (χ1n) is 4.94. The van der Waals surface area contributed by atoms with Crippen molar-refractivity contribution in [2.24, 2.45) is 0 Å². The lowest BCUT2D eigenvalue weighted by Crippen LogP contribution is -2.22. The van der Waals surface area contributed by atoms with E-state index in [0.29, 0.717) is 5.69 Å². The zero-order valence-corrected chi connectivity index (χ0v) is 9.43. The molecule has 82 valence electrons. The van der Waals surface area contributed by atoms with Crippen molar-refractivity contribution < 1.29 is 9.90 Å². The number of nitrogens with one attached hydrogen (secondary N) is 1. The van der Waals surface area contributed by atoms with Crippen molar-refractivity contribution in [3.8, 4) is 0 Å². The topological polar surface area (TPSA) is 66.0 Å². The van der Waals surface area contributed by atoms with Crippen LogP contribution in [0.4, 0.5) is 0 Å². The van der Waals surface area contributed by atoms with Crippen LogP contribution in [-0.4, -0.2) is 32.5 Å². The van der Waals surface area contributed by atoms with Crippen molar-refractivity contribution >= 4 is 17.7 Å². The molecule has 0 saturated carbocycles. The van der Waals surface area contributed by atoms with Crippen LogP contribution in [0.2, 0.25) is 0 Å². The highest BCUT2D eigenvalue weighted by Gasteiger charge is 2.33. The molecule has 4 nitrogen and oxygen atoms in total. The lowest BCUT2D eigenvalue weighted by Gasteiger charge is -2.19. The molecule has 0 aliphatic carbocycles. The second-order valence-electron chi connectivity index (χ2n) is 4.19. The van der Waals surface area contributed by atoms with Gasteiger partial charge in [0.1, 0.15) is 5.82 Å². The van der Waals surface area contributed by atoms with E-state index in [-0.39, 0.29) is 11.8 Å². The molecule has 1 aromatic heterocycles. The number of carbonyl (C=O) groups is 1. The molecular weight excluding hydrogens is 212 g/mol. The lowest BCUT2D eigenvalue weighted by atomic mass is 9.89. The molecule has 5 heteroatoms. The Hall–Kier alpha value is -0.970. The minimum atomic E-state index is -0.823. The Kier molecular flexibility index (Phi) is 2.73. The smallest absolute Gasteiger partial charge is 0.309 e. The van der Waals surface area contributed by atoms with Gasteiger partial charge in [0, 0.05) is 23.1 Å². The van der Waals surface area contributed by atoms with Crippen LogP contribution < -0.4 is 0 Å². The van der Waals surface area contributed by atoms with Gasteiger partial charge in [-0.05, 0) is 12.2 Å². The minimum Gasteiger partial charge on any atom is -0.481 e. The number of H-pyrrole nitrogens is 1. The van der Waals surface area contributed by atoms with E-state index in [2.05, 4.69) is 16.9 Å². The van der Waals surface area contributed by atoms with E-state index in [9.17, 15) is 4.79 Å². The van der Waals surface area contributed by atoms with Crippen molar-refractivity contribution in [3.63, 3.8) is 0 Å². The van der Waals surface area contributed by atoms with Gasteiger partial charge < -0.3 is 10.1 Å². The van der Waals surface area contributed by atoms with Crippen molar-refractivity contribution in [3.05, 3.63) is 17.7 Å². The van der Waals surface area contributed by atoms with Crippen molar-refractivity contribution in [1.29, 1.82) is 0 Å². The minimum absolute atomic E-state index is 0.0240. The number of carboxylic acids is 1. The van der Waals surface area contributed by atoms with E-state index in [1.54, 1.807) is 6.20 Å². The fraction of sp³-hybridized carbons (Fsp3) is 0.600. The number of carboxylic acid groups (broad SMARTS) is 1. The summed E-state index contributed by atoms with van der Waals surface area (Å²) in [6, 6.07) is 0. The molecule has 1 atom stereocenters. The molecule has 0 bridgehead atoms. The van der Waals surface area contributed by atoms with Crippen LogP contribution in [0.25, 0.3) is 0 Å². The summed E-state index contributed by atoms with van der Waals surface area (Å²) < 4.78 is 0. The van der Waals surface area contributed by atoms with E-state index in [4.69, 9.17) is 5.11 Å². The first-order chi connectivity index (χ1) is 7.10. The molecule has 1 fully saturated rings. The Morgan fingerprint density at radius 1 is 1.80 bits per heavy atom. The molecule has 1 aromatic rings. The Morgan fingerprint density at radius 3 is 3.20 bits per heavy atom. The summed E-state index contributed by atoms with van der Waals surface area (Å²) in [6.07, 6.45) is 2.77. The average Bonchev–Trinajstić information content (AvgIpc) is 2.74. The maximum Gasteiger partial charge on any atom is 0.309 e. The maximum atomic E-state index is 10.5. The van der Waals surface area contributed by atoms with Crippen LogP contribution in [0.15, 0.2) is 6.20 Å². The summed E-state index contributed by atoms with van der Waals surface area (Å²) in [7, 11) is 0. The molecule has 1 aliphatic heterocycles. The maximum absolute atomic E-state index is 10.5. The van der Waals surface area contributed by atoms with Gasteiger partial charge in [-0.25, -0.2) is 4.98 Å². The number of aliphatic carboxylic acids is 1. The first kappa shape index (κ1) is 10.5. The third-order valence-electron chi connectivity index (χ3n) is 2.76. The number of thioether (sulfide) groups is 1. The van der Waals surface area contributed by atoms with Crippen molar-refractivity contribution in [2.45, 2.75) is 25.2 Å². The zero-order valence-electron chi connectivity index (χ0n) is 8.62. The second kappa shape index (κ2) is 3.89. The third-order valence-corrected chi connectivity index (χ3v) is 4.09. The van der Waals surface area contributed by atoms with E-state index < -0.39 is 5.97 Å². The van der Waals surface area contributed by atoms with Crippen LogP contribution in [0, 0.1) is 0 Å². The van der Waals surface area contributed by atoms with Gasteiger partial charge in [-0.15, -0.1) is 0 Å². The predicted molar refractivity (Wildman–Crippen MR) is 59.2 cm³/mol. The van der Waals surface area contributed by atoms with Crippen LogP contribution >= 0.6 is 11.8 Å². The Bertz CT molecular complexity index is 369. The molecule has 0 radical (unpaired) electrons. The standard InChI is InChI=1S/C10H14N2O2S/c1-10(2-3-15-6-10)9-11-5-7(12-9)4-8(13)14/h5H,2-4,6H2,1H3,(H,11,12)(H,13,14). The van der Waals surface area contributed by atoms with E-state index in [0.717, 1.165) is 23.8 Å². The molecule has 0 spiro atoms. The molecule has 1 saturated heterocycles.